The van der Waals surface area contributed by atoms with Crippen molar-refractivity contribution in [3.63, 3.8) is 0 Å². The van der Waals surface area contributed by atoms with Crippen molar-refractivity contribution in [1.82, 2.24) is 20.0 Å². The summed E-state index contributed by atoms with van der Waals surface area (Å²) in [5.74, 6) is 1.34. The number of rotatable bonds is 5. The third-order valence-corrected chi connectivity index (χ3v) is 3.68. The molecule has 0 aliphatic heterocycles. The maximum atomic E-state index is 6.14. The fourth-order valence-electron chi connectivity index (χ4n) is 2.00. The summed E-state index contributed by atoms with van der Waals surface area (Å²) in [5.41, 5.74) is 1.77. The number of aromatic nitrogens is 4. The lowest BCUT2D eigenvalue weighted by Gasteiger charge is -1.98. The number of hydrogen-bond donors (Lipinski definition) is 0. The standard InChI is InChI=1S/C15H15ClN4O/c1-2-12(16)13-9-20(19-18-13)10-15-17-8-14(21-15)11-6-4-3-5-7-11/h3-9,12H,2,10H2,1H3. The average molecular weight is 303 g/mol. The van der Waals surface area contributed by atoms with Gasteiger partial charge in [-0.1, -0.05) is 42.5 Å². The molecule has 0 saturated carbocycles. The Hall–Kier alpha value is -2.14. The van der Waals surface area contributed by atoms with E-state index in [9.17, 15) is 0 Å². The molecule has 21 heavy (non-hydrogen) atoms. The molecule has 2 aromatic heterocycles. The second-order valence-corrected chi connectivity index (χ2v) is 5.23. The number of benzene rings is 1. The Labute approximate surface area is 127 Å². The van der Waals surface area contributed by atoms with E-state index in [1.54, 1.807) is 10.9 Å². The lowest BCUT2D eigenvalue weighted by atomic mass is 10.2. The third kappa shape index (κ3) is 3.13. The van der Waals surface area contributed by atoms with Crippen LogP contribution in [0.15, 0.2) is 47.1 Å². The molecule has 0 N–H and O–H groups in total. The van der Waals surface area contributed by atoms with Crippen LogP contribution in [-0.2, 0) is 6.54 Å². The molecular formula is C15H15ClN4O. The van der Waals surface area contributed by atoms with E-state index < -0.39 is 0 Å². The number of nitrogens with zero attached hydrogens (tertiary/aromatic N) is 4. The molecule has 0 saturated heterocycles. The van der Waals surface area contributed by atoms with Crippen LogP contribution in [0.25, 0.3) is 11.3 Å². The van der Waals surface area contributed by atoms with Crippen molar-refractivity contribution in [2.24, 2.45) is 0 Å². The summed E-state index contributed by atoms with van der Waals surface area (Å²) in [6.45, 7) is 2.45. The van der Waals surface area contributed by atoms with Crippen LogP contribution in [0.4, 0.5) is 0 Å². The predicted molar refractivity (Wildman–Crippen MR) is 79.9 cm³/mol. The van der Waals surface area contributed by atoms with E-state index in [0.717, 1.165) is 23.4 Å². The lowest BCUT2D eigenvalue weighted by Crippen LogP contribution is -2.00. The van der Waals surface area contributed by atoms with Gasteiger partial charge in [-0.2, -0.15) is 0 Å². The Morgan fingerprint density at radius 1 is 1.29 bits per heavy atom. The minimum Gasteiger partial charge on any atom is -0.439 e. The maximum Gasteiger partial charge on any atom is 0.216 e. The minimum atomic E-state index is -0.108. The molecule has 2 heterocycles. The van der Waals surface area contributed by atoms with Crippen molar-refractivity contribution in [2.45, 2.75) is 25.3 Å². The summed E-state index contributed by atoms with van der Waals surface area (Å²) in [4.78, 5) is 4.27. The smallest absolute Gasteiger partial charge is 0.216 e. The Morgan fingerprint density at radius 3 is 2.86 bits per heavy atom. The molecule has 6 heteroatoms. The van der Waals surface area contributed by atoms with Crippen LogP contribution in [0.5, 0.6) is 0 Å². The van der Waals surface area contributed by atoms with Crippen molar-refractivity contribution in [3.8, 4) is 11.3 Å². The van der Waals surface area contributed by atoms with Crippen molar-refractivity contribution >= 4 is 11.6 Å². The van der Waals surface area contributed by atoms with Gasteiger partial charge in [-0.15, -0.1) is 16.7 Å². The van der Waals surface area contributed by atoms with Gasteiger partial charge in [0.1, 0.15) is 12.2 Å². The second kappa shape index (κ2) is 6.10. The molecule has 5 nitrogen and oxygen atoms in total. The molecule has 0 aliphatic rings. The number of halogens is 1. The van der Waals surface area contributed by atoms with Gasteiger partial charge in [-0.25, -0.2) is 9.67 Å². The molecule has 0 bridgehead atoms. The number of hydrogen-bond acceptors (Lipinski definition) is 4. The molecule has 108 valence electrons. The van der Waals surface area contributed by atoms with Crippen LogP contribution in [0.1, 0.15) is 30.3 Å². The van der Waals surface area contributed by atoms with E-state index >= 15 is 0 Å². The fourth-order valence-corrected chi connectivity index (χ4v) is 2.10. The SMILES string of the molecule is CCC(Cl)c1cn(Cc2ncc(-c3ccccc3)o2)nn1. The van der Waals surface area contributed by atoms with Crippen molar-refractivity contribution in [1.29, 1.82) is 0 Å². The lowest BCUT2D eigenvalue weighted by molar-refractivity contribution is 0.469. The molecule has 1 aromatic carbocycles. The zero-order chi connectivity index (χ0) is 14.7. The first-order valence-electron chi connectivity index (χ1n) is 6.80. The van der Waals surface area contributed by atoms with Gasteiger partial charge in [-0.3, -0.25) is 0 Å². The van der Waals surface area contributed by atoms with E-state index in [2.05, 4.69) is 15.3 Å². The zero-order valence-corrected chi connectivity index (χ0v) is 12.4. The summed E-state index contributed by atoms with van der Waals surface area (Å²) < 4.78 is 7.42. The van der Waals surface area contributed by atoms with Gasteiger partial charge in [0.05, 0.1) is 17.8 Å². The van der Waals surface area contributed by atoms with Crippen LogP contribution in [0.2, 0.25) is 0 Å². The van der Waals surface area contributed by atoms with Crippen molar-refractivity contribution in [3.05, 3.63) is 54.3 Å². The van der Waals surface area contributed by atoms with E-state index in [-0.39, 0.29) is 5.38 Å². The average Bonchev–Trinajstić information content (AvgIpc) is 3.17. The van der Waals surface area contributed by atoms with Crippen molar-refractivity contribution in [2.75, 3.05) is 0 Å². The Morgan fingerprint density at radius 2 is 2.10 bits per heavy atom. The van der Waals surface area contributed by atoms with E-state index in [1.807, 2.05) is 43.5 Å². The van der Waals surface area contributed by atoms with Crippen LogP contribution in [0, 0.1) is 0 Å². The molecule has 0 amide bonds. The molecule has 1 unspecified atom stereocenters. The summed E-state index contributed by atoms with van der Waals surface area (Å²) >= 11 is 6.14. The summed E-state index contributed by atoms with van der Waals surface area (Å²) in [5, 5.41) is 8.00. The first-order chi connectivity index (χ1) is 10.3. The van der Waals surface area contributed by atoms with Gasteiger partial charge in [0.15, 0.2) is 5.76 Å². The topological polar surface area (TPSA) is 56.7 Å². The summed E-state index contributed by atoms with van der Waals surface area (Å²) in [6.07, 6.45) is 4.36. The van der Waals surface area contributed by atoms with E-state index in [0.29, 0.717) is 12.4 Å². The van der Waals surface area contributed by atoms with E-state index in [1.165, 1.54) is 0 Å². The normalized spacial score (nSPS) is 12.5. The van der Waals surface area contributed by atoms with Gasteiger partial charge in [0, 0.05) is 5.56 Å². The molecular weight excluding hydrogens is 288 g/mol. The minimum absolute atomic E-state index is 0.108. The summed E-state index contributed by atoms with van der Waals surface area (Å²) in [7, 11) is 0. The van der Waals surface area contributed by atoms with E-state index in [4.69, 9.17) is 16.0 Å². The van der Waals surface area contributed by atoms with Crippen LogP contribution in [0.3, 0.4) is 0 Å². The Balaban J connectivity index is 1.74. The van der Waals surface area contributed by atoms with Gasteiger partial charge in [0.2, 0.25) is 5.89 Å². The van der Waals surface area contributed by atoms with Gasteiger partial charge < -0.3 is 4.42 Å². The highest BCUT2D eigenvalue weighted by atomic mass is 35.5. The largest absolute Gasteiger partial charge is 0.439 e. The fraction of sp³-hybridized carbons (Fsp3) is 0.267. The van der Waals surface area contributed by atoms with Crippen LogP contribution >= 0.6 is 11.6 Å². The molecule has 0 radical (unpaired) electrons. The summed E-state index contributed by atoms with van der Waals surface area (Å²) in [6, 6.07) is 9.86. The highest BCUT2D eigenvalue weighted by Gasteiger charge is 2.12. The highest BCUT2D eigenvalue weighted by molar-refractivity contribution is 6.20. The maximum absolute atomic E-state index is 6.14. The van der Waals surface area contributed by atoms with Crippen molar-refractivity contribution < 1.29 is 4.42 Å². The molecule has 1 atom stereocenters. The Bertz CT molecular complexity index is 707. The molecule has 0 fully saturated rings. The predicted octanol–water partition coefficient (Wildman–Crippen LogP) is 3.67. The second-order valence-electron chi connectivity index (χ2n) is 4.70. The zero-order valence-electron chi connectivity index (χ0n) is 11.6. The number of alkyl halides is 1. The van der Waals surface area contributed by atoms with Gasteiger partial charge >= 0.3 is 0 Å². The monoisotopic (exact) mass is 302 g/mol. The molecule has 0 aliphatic carbocycles. The van der Waals surface area contributed by atoms with Crippen LogP contribution < -0.4 is 0 Å². The molecule has 0 spiro atoms. The van der Waals surface area contributed by atoms with Gasteiger partial charge in [-0.05, 0) is 6.42 Å². The third-order valence-electron chi connectivity index (χ3n) is 3.14. The van der Waals surface area contributed by atoms with Gasteiger partial charge in [0.25, 0.3) is 0 Å². The number of oxazole rings is 1. The Kier molecular flexibility index (Phi) is 4.01. The van der Waals surface area contributed by atoms with Crippen LogP contribution in [-0.4, -0.2) is 20.0 Å². The quantitative estimate of drug-likeness (QED) is 0.675. The molecule has 3 rings (SSSR count). The first-order valence-corrected chi connectivity index (χ1v) is 7.24. The highest BCUT2D eigenvalue weighted by Crippen LogP contribution is 2.22. The molecule has 3 aromatic rings. The first kappa shape index (κ1) is 13.8.